The maximum absolute atomic E-state index is 12.7. The van der Waals surface area contributed by atoms with Crippen LogP contribution in [0.1, 0.15) is 13.8 Å². The maximum atomic E-state index is 12.7. The molecular formula is C12H18Cl3N2O4PS. The molecule has 0 aliphatic carbocycles. The number of β-lactam (4-membered cyclic amide) rings is 1. The van der Waals surface area contributed by atoms with Crippen LogP contribution >= 0.6 is 42.9 Å². The summed E-state index contributed by atoms with van der Waals surface area (Å²) in [7, 11) is -1.96. The van der Waals surface area contributed by atoms with Crippen LogP contribution in [0, 0.1) is 0 Å². The summed E-state index contributed by atoms with van der Waals surface area (Å²) in [5.74, 6) is -0.958. The molecule has 0 aromatic carbocycles. The molecule has 11 heteroatoms. The van der Waals surface area contributed by atoms with Crippen molar-refractivity contribution >= 4 is 65.6 Å². The van der Waals surface area contributed by atoms with E-state index in [0.29, 0.717) is 0 Å². The van der Waals surface area contributed by atoms with Gasteiger partial charge in [-0.2, -0.15) is 0 Å². The molecule has 2 aliphatic heterocycles. The fourth-order valence-corrected chi connectivity index (χ4v) is 5.76. The number of fused-ring (bicyclic) bond motifs is 1. The zero-order chi connectivity index (χ0) is 17.7. The third-order valence-corrected chi connectivity index (χ3v) is 7.07. The minimum atomic E-state index is -1.74. The van der Waals surface area contributed by atoms with Crippen molar-refractivity contribution in [3.05, 3.63) is 0 Å². The van der Waals surface area contributed by atoms with E-state index in [0.717, 1.165) is 0 Å². The number of esters is 1. The lowest BCUT2D eigenvalue weighted by molar-refractivity contribution is -0.163. The van der Waals surface area contributed by atoms with Crippen molar-refractivity contribution in [3.8, 4) is 0 Å². The van der Waals surface area contributed by atoms with Crippen LogP contribution in [-0.2, 0) is 25.1 Å². The number of alkyl halides is 3. The quantitative estimate of drug-likeness (QED) is 0.322. The van der Waals surface area contributed by atoms with Gasteiger partial charge in [-0.15, -0.1) is 0 Å². The number of carbonyl (C=O) groups is 2. The minimum absolute atomic E-state index is 0.249. The van der Waals surface area contributed by atoms with Crippen molar-refractivity contribution in [2.24, 2.45) is 0 Å². The molecule has 4 atom stereocenters. The molecule has 1 N–H and O–H groups in total. The van der Waals surface area contributed by atoms with E-state index in [2.05, 4.69) is 5.09 Å². The minimum Gasteiger partial charge on any atom is -0.460 e. The first-order valence-corrected chi connectivity index (χ1v) is 11.4. The summed E-state index contributed by atoms with van der Waals surface area (Å²) in [6, 6.07) is -1.48. The van der Waals surface area contributed by atoms with E-state index in [-0.39, 0.29) is 5.91 Å². The molecule has 132 valence electrons. The lowest BCUT2D eigenvalue weighted by Gasteiger charge is -2.44. The predicted molar refractivity (Wildman–Crippen MR) is 93.6 cm³/mol. The second kappa shape index (κ2) is 6.58. The molecule has 1 amide bonds. The van der Waals surface area contributed by atoms with Crippen LogP contribution in [0.2, 0.25) is 0 Å². The van der Waals surface area contributed by atoms with Gasteiger partial charge in [0.05, 0.1) is 15.5 Å². The Balaban J connectivity index is 2.20. The standard InChI is InChI=1S/C12H18Cl3N2O4PS/c1-11(2)7(10(19)21-5-12(13,14)15)17-8(18)6(16-22(3)4)9(17)23(11)20/h6-7,9,16H,5H2,1-4H3/t6-,7+,9-,23?/m1/s1. The van der Waals surface area contributed by atoms with Gasteiger partial charge in [0.15, 0.2) is 0 Å². The van der Waals surface area contributed by atoms with Gasteiger partial charge in [0.1, 0.15) is 24.1 Å². The van der Waals surface area contributed by atoms with E-state index in [1.54, 1.807) is 13.8 Å². The Hall–Kier alpha value is 0.350. The second-order valence-electron chi connectivity index (χ2n) is 6.16. The smallest absolute Gasteiger partial charge is 0.330 e. The molecule has 0 saturated carbocycles. The van der Waals surface area contributed by atoms with Crippen LogP contribution < -0.4 is 5.09 Å². The van der Waals surface area contributed by atoms with Gasteiger partial charge in [0.25, 0.3) is 0 Å². The van der Waals surface area contributed by atoms with Gasteiger partial charge in [-0.1, -0.05) is 34.8 Å². The zero-order valence-corrected chi connectivity index (χ0v) is 17.0. The molecule has 23 heavy (non-hydrogen) atoms. The summed E-state index contributed by atoms with van der Waals surface area (Å²) in [4.78, 5) is 26.1. The molecule has 2 heterocycles. The Kier molecular flexibility index (Phi) is 5.63. The van der Waals surface area contributed by atoms with Crippen molar-refractivity contribution in [3.63, 3.8) is 0 Å². The van der Waals surface area contributed by atoms with Crippen molar-refractivity contribution < 1.29 is 18.5 Å². The first kappa shape index (κ1) is 19.7. The molecular weight excluding hydrogens is 406 g/mol. The molecule has 0 spiro atoms. The van der Waals surface area contributed by atoms with Gasteiger partial charge >= 0.3 is 5.97 Å². The van der Waals surface area contributed by atoms with E-state index in [1.807, 2.05) is 13.3 Å². The van der Waals surface area contributed by atoms with Crippen LogP contribution in [0.15, 0.2) is 0 Å². The van der Waals surface area contributed by atoms with Gasteiger partial charge in [0, 0.05) is 0 Å². The summed E-state index contributed by atoms with van der Waals surface area (Å²) in [5, 5.41) is 2.61. The maximum Gasteiger partial charge on any atom is 0.330 e. The fraction of sp³-hybridized carbons (Fsp3) is 0.833. The SMILES string of the molecule is CP(C)N[C@@H]1C(=O)N2[C@@H]1S(=O)C(C)(C)[C@@H]2C(=O)OCC(Cl)(Cl)Cl. The number of nitrogens with zero attached hydrogens (tertiary/aromatic N) is 1. The molecule has 0 radical (unpaired) electrons. The first-order valence-electron chi connectivity index (χ1n) is 6.77. The van der Waals surface area contributed by atoms with Crippen LogP contribution in [-0.4, -0.2) is 66.9 Å². The Bertz CT molecular complexity index is 555. The third kappa shape index (κ3) is 3.65. The number of rotatable bonds is 4. The Morgan fingerprint density at radius 1 is 1.43 bits per heavy atom. The molecule has 6 nitrogen and oxygen atoms in total. The summed E-state index contributed by atoms with van der Waals surface area (Å²) in [6.45, 7) is 6.84. The molecule has 2 rings (SSSR count). The van der Waals surface area contributed by atoms with Crippen LogP contribution in [0.5, 0.6) is 0 Å². The average molecular weight is 424 g/mol. The van der Waals surface area contributed by atoms with Gasteiger partial charge in [-0.05, 0) is 35.2 Å². The summed E-state index contributed by atoms with van der Waals surface area (Å²) in [5.41, 5.74) is 0. The van der Waals surface area contributed by atoms with E-state index >= 15 is 0 Å². The van der Waals surface area contributed by atoms with Crippen molar-refractivity contribution in [1.82, 2.24) is 9.99 Å². The van der Waals surface area contributed by atoms with Crippen molar-refractivity contribution in [2.45, 2.75) is 39.8 Å². The average Bonchev–Trinajstić information content (AvgIpc) is 2.58. The van der Waals surface area contributed by atoms with E-state index in [1.165, 1.54) is 4.90 Å². The van der Waals surface area contributed by atoms with Gasteiger partial charge in [-0.25, -0.2) is 4.79 Å². The van der Waals surface area contributed by atoms with Gasteiger partial charge in [-0.3, -0.25) is 14.1 Å². The lowest BCUT2D eigenvalue weighted by atomic mass is 9.96. The highest BCUT2D eigenvalue weighted by atomic mass is 35.6. The number of hydrogen-bond donors (Lipinski definition) is 1. The third-order valence-electron chi connectivity index (χ3n) is 3.75. The Morgan fingerprint density at radius 2 is 2.00 bits per heavy atom. The Morgan fingerprint density at radius 3 is 2.48 bits per heavy atom. The molecule has 2 aliphatic rings. The number of nitrogens with one attached hydrogen (secondary N) is 1. The van der Waals surface area contributed by atoms with Gasteiger partial charge < -0.3 is 9.64 Å². The second-order valence-corrected chi connectivity index (χ2v) is 12.9. The normalized spacial score (nSPS) is 32.7. The zero-order valence-electron chi connectivity index (χ0n) is 13.0. The highest BCUT2D eigenvalue weighted by Gasteiger charge is 2.68. The topological polar surface area (TPSA) is 75.7 Å². The number of amides is 1. The Labute approximate surface area is 153 Å². The van der Waals surface area contributed by atoms with Crippen LogP contribution in [0.25, 0.3) is 0 Å². The van der Waals surface area contributed by atoms with E-state index < -0.39 is 57.4 Å². The summed E-state index contributed by atoms with van der Waals surface area (Å²) < 4.78 is 15.1. The number of halogens is 3. The number of ether oxygens (including phenoxy) is 1. The lowest BCUT2D eigenvalue weighted by Crippen LogP contribution is -2.70. The predicted octanol–water partition coefficient (Wildman–Crippen LogP) is 1.59. The van der Waals surface area contributed by atoms with Crippen molar-refractivity contribution in [2.75, 3.05) is 19.9 Å². The van der Waals surface area contributed by atoms with Crippen LogP contribution in [0.3, 0.4) is 0 Å². The molecule has 0 bridgehead atoms. The first-order chi connectivity index (χ1) is 10.4. The largest absolute Gasteiger partial charge is 0.460 e. The van der Waals surface area contributed by atoms with E-state index in [4.69, 9.17) is 39.5 Å². The fourth-order valence-electron chi connectivity index (χ4n) is 2.77. The molecule has 2 fully saturated rings. The highest BCUT2D eigenvalue weighted by molar-refractivity contribution is 7.87. The molecule has 0 aromatic heterocycles. The highest BCUT2D eigenvalue weighted by Crippen LogP contribution is 2.45. The van der Waals surface area contributed by atoms with E-state index in [9.17, 15) is 13.8 Å². The number of carbonyl (C=O) groups excluding carboxylic acids is 2. The van der Waals surface area contributed by atoms with Crippen molar-refractivity contribution in [1.29, 1.82) is 0 Å². The molecule has 1 unspecified atom stereocenters. The monoisotopic (exact) mass is 422 g/mol. The van der Waals surface area contributed by atoms with Crippen LogP contribution in [0.4, 0.5) is 0 Å². The molecule has 2 saturated heterocycles. The summed E-state index contributed by atoms with van der Waals surface area (Å²) >= 11 is 16.7. The number of hydrogen-bond acceptors (Lipinski definition) is 5. The molecule has 0 aromatic rings. The summed E-state index contributed by atoms with van der Waals surface area (Å²) in [6.07, 6.45) is 0. The van der Waals surface area contributed by atoms with Gasteiger partial charge in [0.2, 0.25) is 9.70 Å².